The van der Waals surface area contributed by atoms with E-state index < -0.39 is 16.1 Å². The van der Waals surface area contributed by atoms with Gasteiger partial charge in [-0.05, 0) is 60.9 Å². The van der Waals surface area contributed by atoms with Crippen LogP contribution >= 0.6 is 11.6 Å². The van der Waals surface area contributed by atoms with Crippen molar-refractivity contribution in [2.24, 2.45) is 0 Å². The highest BCUT2D eigenvalue weighted by atomic mass is 35.5. The number of pyridine rings is 1. The van der Waals surface area contributed by atoms with Crippen LogP contribution in [0.2, 0.25) is 5.02 Å². The highest BCUT2D eigenvalue weighted by molar-refractivity contribution is 7.89. The first-order chi connectivity index (χ1) is 17.7. The first-order valence-corrected chi connectivity index (χ1v) is 13.9. The molecule has 3 rings (SSSR count). The summed E-state index contributed by atoms with van der Waals surface area (Å²) in [5.74, 6) is -0.481. The molecule has 0 aliphatic carbocycles. The monoisotopic (exact) mass is 542 g/mol. The van der Waals surface area contributed by atoms with Crippen LogP contribution < -0.4 is 10.0 Å². The van der Waals surface area contributed by atoms with E-state index in [0.717, 1.165) is 16.8 Å². The summed E-state index contributed by atoms with van der Waals surface area (Å²) in [5.41, 5.74) is 2.39. The Morgan fingerprint density at radius 2 is 1.68 bits per heavy atom. The molecule has 0 spiro atoms. The molecule has 0 aliphatic heterocycles. The van der Waals surface area contributed by atoms with Gasteiger partial charge in [0.25, 0.3) is 0 Å². The molecular weight excluding hydrogens is 512 g/mol. The third kappa shape index (κ3) is 8.38. The Hall–Kier alpha value is -3.27. The number of carbonyl (C=O) groups is 2. The van der Waals surface area contributed by atoms with E-state index in [1.165, 1.54) is 12.1 Å². The van der Waals surface area contributed by atoms with E-state index in [4.69, 9.17) is 11.6 Å². The number of aromatic nitrogens is 1. The summed E-state index contributed by atoms with van der Waals surface area (Å²) in [6, 6.07) is 18.3. The maximum absolute atomic E-state index is 13.3. The first kappa shape index (κ1) is 28.3. The zero-order valence-corrected chi connectivity index (χ0v) is 22.4. The van der Waals surface area contributed by atoms with Crippen molar-refractivity contribution in [2.45, 2.75) is 50.7 Å². The average molecular weight is 543 g/mol. The van der Waals surface area contributed by atoms with Crippen molar-refractivity contribution in [1.82, 2.24) is 19.9 Å². The summed E-state index contributed by atoms with van der Waals surface area (Å²) in [5, 5.41) is 3.44. The van der Waals surface area contributed by atoms with Gasteiger partial charge in [-0.2, -0.15) is 0 Å². The molecule has 0 aliphatic rings. The highest BCUT2D eigenvalue weighted by Gasteiger charge is 2.26. The second-order valence-electron chi connectivity index (χ2n) is 8.51. The van der Waals surface area contributed by atoms with Crippen molar-refractivity contribution < 1.29 is 18.0 Å². The van der Waals surface area contributed by atoms with Crippen LogP contribution in [0.4, 0.5) is 0 Å². The van der Waals surface area contributed by atoms with Crippen molar-refractivity contribution in [1.29, 1.82) is 0 Å². The third-order valence-corrected chi connectivity index (χ3v) is 7.61. The molecule has 2 amide bonds. The predicted molar refractivity (Wildman–Crippen MR) is 143 cm³/mol. The van der Waals surface area contributed by atoms with Crippen LogP contribution in [0.5, 0.6) is 0 Å². The van der Waals surface area contributed by atoms with Gasteiger partial charge in [-0.25, -0.2) is 13.1 Å². The molecule has 0 bridgehead atoms. The van der Waals surface area contributed by atoms with Crippen LogP contribution in [0.3, 0.4) is 0 Å². The maximum atomic E-state index is 13.3. The van der Waals surface area contributed by atoms with Crippen molar-refractivity contribution in [3.8, 4) is 0 Å². The van der Waals surface area contributed by atoms with Gasteiger partial charge < -0.3 is 10.2 Å². The highest BCUT2D eigenvalue weighted by Crippen LogP contribution is 2.17. The normalized spacial score (nSPS) is 12.1. The third-order valence-electron chi connectivity index (χ3n) is 5.80. The zero-order chi connectivity index (χ0) is 26.8. The first-order valence-electron chi connectivity index (χ1n) is 12.0. The largest absolute Gasteiger partial charge is 0.349 e. The minimum atomic E-state index is -3.54. The summed E-state index contributed by atoms with van der Waals surface area (Å²) >= 11 is 6.01. The molecule has 3 aromatic rings. The van der Waals surface area contributed by atoms with Gasteiger partial charge in [0.1, 0.15) is 6.04 Å². The van der Waals surface area contributed by atoms with Gasteiger partial charge >= 0.3 is 0 Å². The summed E-state index contributed by atoms with van der Waals surface area (Å²) in [4.78, 5) is 32.2. The van der Waals surface area contributed by atoms with Gasteiger partial charge in [0.2, 0.25) is 21.8 Å². The van der Waals surface area contributed by atoms with Gasteiger partial charge in [-0.1, -0.05) is 48.9 Å². The van der Waals surface area contributed by atoms with Crippen molar-refractivity contribution in [2.75, 3.05) is 6.54 Å². The number of nitrogens with one attached hydrogen (secondary N) is 2. The Balaban J connectivity index is 1.69. The quantitative estimate of drug-likeness (QED) is 0.363. The standard InChI is InChI=1S/C27H31ClN4O4S/c1-3-31-37(35,36)25-14-9-21(10-15-25)11-16-26(33)32(19-22-7-12-23(28)13-8-22)20(2)27(34)30-18-24-6-4-5-17-29-24/h4-10,12-15,17,20,31H,3,11,16,18-19H2,1-2H3,(H,30,34)/t20-/m1/s1. The second kappa shape index (κ2) is 13.3. The lowest BCUT2D eigenvalue weighted by atomic mass is 10.1. The average Bonchev–Trinajstić information content (AvgIpc) is 2.90. The van der Waals surface area contributed by atoms with Crippen LogP contribution in [0.15, 0.2) is 77.8 Å². The van der Waals surface area contributed by atoms with E-state index in [2.05, 4.69) is 15.0 Å². The number of aryl methyl sites for hydroxylation is 1. The van der Waals surface area contributed by atoms with Gasteiger partial charge in [0, 0.05) is 30.7 Å². The molecule has 1 heterocycles. The maximum Gasteiger partial charge on any atom is 0.242 e. The lowest BCUT2D eigenvalue weighted by Crippen LogP contribution is -2.47. The van der Waals surface area contributed by atoms with Crippen LogP contribution in [-0.4, -0.2) is 42.7 Å². The molecule has 37 heavy (non-hydrogen) atoms. The molecule has 196 valence electrons. The fraction of sp³-hybridized carbons (Fsp3) is 0.296. The molecule has 0 saturated heterocycles. The van der Waals surface area contributed by atoms with Crippen LogP contribution in [0, 0.1) is 0 Å². The van der Waals surface area contributed by atoms with Crippen LogP contribution in [-0.2, 0) is 39.1 Å². The molecule has 1 aromatic heterocycles. The Kier molecular flexibility index (Phi) is 10.2. The van der Waals surface area contributed by atoms with Gasteiger partial charge in [0.05, 0.1) is 17.1 Å². The predicted octanol–water partition coefficient (Wildman–Crippen LogP) is 3.70. The van der Waals surface area contributed by atoms with E-state index in [0.29, 0.717) is 18.0 Å². The molecule has 0 radical (unpaired) electrons. The van der Waals surface area contributed by atoms with Crippen molar-refractivity contribution in [3.63, 3.8) is 0 Å². The molecule has 0 unspecified atom stereocenters. The number of sulfonamides is 1. The van der Waals surface area contributed by atoms with Crippen molar-refractivity contribution in [3.05, 3.63) is 94.8 Å². The van der Waals surface area contributed by atoms with Gasteiger partial charge in [0.15, 0.2) is 0 Å². The molecule has 8 nitrogen and oxygen atoms in total. The van der Waals surface area contributed by atoms with Gasteiger partial charge in [-0.3, -0.25) is 14.6 Å². The topological polar surface area (TPSA) is 108 Å². The summed E-state index contributed by atoms with van der Waals surface area (Å²) in [6.07, 6.45) is 2.22. The number of carbonyl (C=O) groups excluding carboxylic acids is 2. The van der Waals surface area contributed by atoms with E-state index in [-0.39, 0.29) is 36.2 Å². The Morgan fingerprint density at radius 1 is 1.00 bits per heavy atom. The minimum Gasteiger partial charge on any atom is -0.349 e. The van der Waals surface area contributed by atoms with E-state index in [1.807, 2.05) is 24.3 Å². The lowest BCUT2D eigenvalue weighted by molar-refractivity contribution is -0.140. The number of hydrogen-bond acceptors (Lipinski definition) is 5. The van der Waals surface area contributed by atoms with Crippen LogP contribution in [0.1, 0.15) is 37.1 Å². The Labute approximate surface area is 223 Å². The number of amides is 2. The summed E-state index contributed by atoms with van der Waals surface area (Å²) in [7, 11) is -3.54. The molecule has 2 N–H and O–H groups in total. The fourth-order valence-corrected chi connectivity index (χ4v) is 4.87. The summed E-state index contributed by atoms with van der Waals surface area (Å²) in [6.45, 7) is 4.22. The number of halogens is 1. The number of hydrogen-bond donors (Lipinski definition) is 2. The van der Waals surface area contributed by atoms with E-state index in [9.17, 15) is 18.0 Å². The molecular formula is C27H31ClN4O4S. The molecule has 1 atom stereocenters. The minimum absolute atomic E-state index is 0.157. The summed E-state index contributed by atoms with van der Waals surface area (Å²) < 4.78 is 26.8. The van der Waals surface area contributed by atoms with Gasteiger partial charge in [-0.15, -0.1) is 0 Å². The molecule has 10 heteroatoms. The SMILES string of the molecule is CCNS(=O)(=O)c1ccc(CCC(=O)N(Cc2ccc(Cl)cc2)[C@H](C)C(=O)NCc2ccccn2)cc1. The Morgan fingerprint density at radius 3 is 2.30 bits per heavy atom. The molecule has 2 aromatic carbocycles. The Bertz CT molecular complexity index is 1280. The molecule has 0 fully saturated rings. The van der Waals surface area contributed by atoms with E-state index >= 15 is 0 Å². The van der Waals surface area contributed by atoms with Crippen LogP contribution in [0.25, 0.3) is 0 Å². The van der Waals surface area contributed by atoms with Crippen molar-refractivity contribution >= 4 is 33.4 Å². The number of rotatable bonds is 12. The number of nitrogens with zero attached hydrogens (tertiary/aromatic N) is 2. The second-order valence-corrected chi connectivity index (χ2v) is 10.7. The zero-order valence-electron chi connectivity index (χ0n) is 20.9. The fourth-order valence-electron chi connectivity index (χ4n) is 3.70. The number of benzene rings is 2. The lowest BCUT2D eigenvalue weighted by Gasteiger charge is -2.29. The molecule has 0 saturated carbocycles. The van der Waals surface area contributed by atoms with E-state index in [1.54, 1.807) is 55.3 Å². The smallest absolute Gasteiger partial charge is 0.242 e.